The van der Waals surface area contributed by atoms with Gasteiger partial charge in [-0.1, -0.05) is 36.4 Å². The molecular weight excluding hydrogens is 336 g/mol. The lowest BCUT2D eigenvalue weighted by Gasteiger charge is -2.14. The number of aromatic nitrogens is 1. The number of rotatable bonds is 5. The Balaban J connectivity index is 1.68. The summed E-state index contributed by atoms with van der Waals surface area (Å²) in [5.74, 6) is -1.48. The van der Waals surface area contributed by atoms with Crippen LogP contribution in [-0.4, -0.2) is 10.9 Å². The van der Waals surface area contributed by atoms with Crippen LogP contribution in [-0.2, 0) is 0 Å². The number of pyridine rings is 1. The van der Waals surface area contributed by atoms with Gasteiger partial charge in [-0.05, 0) is 36.8 Å². The molecule has 0 aliphatic rings. The number of nitrogens with zero attached hydrogens (tertiary/aromatic N) is 1. The molecule has 0 aliphatic heterocycles. The summed E-state index contributed by atoms with van der Waals surface area (Å²) in [6, 6.07) is 16.0. The molecule has 1 atom stereocenters. The second-order valence-electron chi connectivity index (χ2n) is 5.76. The number of carbonyl (C=O) groups is 1. The molecule has 1 unspecified atom stereocenters. The molecule has 6 heteroatoms. The van der Waals surface area contributed by atoms with Gasteiger partial charge in [-0.2, -0.15) is 0 Å². The Hall–Kier alpha value is -3.28. The summed E-state index contributed by atoms with van der Waals surface area (Å²) in [7, 11) is 0. The highest BCUT2D eigenvalue weighted by atomic mass is 19.1. The van der Waals surface area contributed by atoms with Crippen molar-refractivity contribution in [2.24, 2.45) is 0 Å². The minimum absolute atomic E-state index is 0.158. The lowest BCUT2D eigenvalue weighted by molar-refractivity contribution is 0.0939. The normalized spacial score (nSPS) is 11.7. The first-order valence-electron chi connectivity index (χ1n) is 8.07. The minimum atomic E-state index is -0.717. The maximum Gasteiger partial charge on any atom is 0.253 e. The average molecular weight is 353 g/mol. The number of hydrogen-bond donors (Lipinski definition) is 2. The maximum atomic E-state index is 13.7. The van der Waals surface area contributed by atoms with E-state index in [9.17, 15) is 13.6 Å². The molecule has 1 aromatic heterocycles. The highest BCUT2D eigenvalue weighted by Crippen LogP contribution is 2.22. The Labute approximate surface area is 149 Å². The van der Waals surface area contributed by atoms with Crippen LogP contribution in [0.3, 0.4) is 0 Å². The van der Waals surface area contributed by atoms with Crippen LogP contribution in [0.15, 0.2) is 66.9 Å². The number of benzene rings is 2. The smallest absolute Gasteiger partial charge is 0.253 e. The van der Waals surface area contributed by atoms with Crippen molar-refractivity contribution in [1.82, 2.24) is 10.3 Å². The van der Waals surface area contributed by atoms with Gasteiger partial charge in [-0.15, -0.1) is 0 Å². The van der Waals surface area contributed by atoms with Gasteiger partial charge in [-0.3, -0.25) is 4.79 Å². The SMILES string of the molecule is CC(NC(=O)c1ccc(Nc2c(F)cccc2F)nc1)c1ccccc1. The standard InChI is InChI=1S/C20H17F2N3O/c1-13(14-6-3-2-4-7-14)24-20(26)15-10-11-18(23-12-15)25-19-16(21)8-5-9-17(19)22/h2-13H,1H3,(H,23,25)(H,24,26). The van der Waals surface area contributed by atoms with Crippen molar-refractivity contribution < 1.29 is 13.6 Å². The van der Waals surface area contributed by atoms with Gasteiger partial charge < -0.3 is 10.6 Å². The first-order valence-corrected chi connectivity index (χ1v) is 8.07. The molecule has 3 aromatic rings. The number of halogens is 2. The molecule has 1 heterocycles. The van der Waals surface area contributed by atoms with E-state index in [1.807, 2.05) is 37.3 Å². The van der Waals surface area contributed by atoms with Crippen LogP contribution in [0.2, 0.25) is 0 Å². The molecule has 0 radical (unpaired) electrons. The molecule has 0 saturated heterocycles. The Morgan fingerprint density at radius 1 is 0.962 bits per heavy atom. The number of anilines is 2. The molecule has 26 heavy (non-hydrogen) atoms. The summed E-state index contributed by atoms with van der Waals surface area (Å²) in [4.78, 5) is 16.4. The number of amides is 1. The molecule has 132 valence electrons. The van der Waals surface area contributed by atoms with E-state index in [1.54, 1.807) is 6.07 Å². The maximum absolute atomic E-state index is 13.7. The minimum Gasteiger partial charge on any atom is -0.345 e. The van der Waals surface area contributed by atoms with E-state index in [0.29, 0.717) is 5.56 Å². The van der Waals surface area contributed by atoms with Gasteiger partial charge >= 0.3 is 0 Å². The van der Waals surface area contributed by atoms with Crippen molar-refractivity contribution in [1.29, 1.82) is 0 Å². The molecule has 0 fully saturated rings. The summed E-state index contributed by atoms with van der Waals surface area (Å²) in [6.07, 6.45) is 1.36. The van der Waals surface area contributed by atoms with Crippen molar-refractivity contribution >= 4 is 17.4 Å². The molecule has 4 nitrogen and oxygen atoms in total. The Morgan fingerprint density at radius 2 is 1.65 bits per heavy atom. The molecule has 0 spiro atoms. The Kier molecular flexibility index (Phi) is 5.22. The van der Waals surface area contributed by atoms with Crippen molar-refractivity contribution in [3.63, 3.8) is 0 Å². The van der Waals surface area contributed by atoms with Crippen molar-refractivity contribution in [2.45, 2.75) is 13.0 Å². The highest BCUT2D eigenvalue weighted by Gasteiger charge is 2.13. The van der Waals surface area contributed by atoms with Crippen LogP contribution in [0, 0.1) is 11.6 Å². The Bertz CT molecular complexity index is 878. The van der Waals surface area contributed by atoms with Crippen LogP contribution < -0.4 is 10.6 Å². The molecule has 2 aromatic carbocycles. The molecule has 0 aliphatic carbocycles. The first-order chi connectivity index (χ1) is 12.5. The van der Waals surface area contributed by atoms with Gasteiger partial charge in [0.2, 0.25) is 0 Å². The van der Waals surface area contributed by atoms with E-state index in [4.69, 9.17) is 0 Å². The third-order valence-corrected chi connectivity index (χ3v) is 3.89. The lowest BCUT2D eigenvalue weighted by Crippen LogP contribution is -2.26. The van der Waals surface area contributed by atoms with Crippen LogP contribution in [0.4, 0.5) is 20.3 Å². The van der Waals surface area contributed by atoms with Gasteiger partial charge in [0.05, 0.1) is 11.6 Å². The van der Waals surface area contributed by atoms with E-state index in [2.05, 4.69) is 15.6 Å². The zero-order valence-corrected chi connectivity index (χ0v) is 14.0. The van der Waals surface area contributed by atoms with E-state index < -0.39 is 11.6 Å². The second-order valence-corrected chi connectivity index (χ2v) is 5.76. The molecule has 3 rings (SSSR count). The highest BCUT2D eigenvalue weighted by molar-refractivity contribution is 5.94. The van der Waals surface area contributed by atoms with E-state index in [0.717, 1.165) is 17.7 Å². The molecule has 0 bridgehead atoms. The quantitative estimate of drug-likeness (QED) is 0.705. The van der Waals surface area contributed by atoms with Gasteiger partial charge in [0, 0.05) is 6.20 Å². The molecular formula is C20H17F2N3O. The van der Waals surface area contributed by atoms with Gasteiger partial charge in [0.15, 0.2) is 0 Å². The van der Waals surface area contributed by atoms with Crippen LogP contribution in [0.1, 0.15) is 28.9 Å². The molecule has 0 saturated carbocycles. The van der Waals surface area contributed by atoms with Gasteiger partial charge in [0.1, 0.15) is 23.1 Å². The number of para-hydroxylation sites is 1. The molecule has 2 N–H and O–H groups in total. The van der Waals surface area contributed by atoms with Crippen molar-refractivity contribution in [3.05, 3.63) is 89.6 Å². The van der Waals surface area contributed by atoms with Crippen LogP contribution in [0.25, 0.3) is 0 Å². The fourth-order valence-corrected chi connectivity index (χ4v) is 2.45. The topological polar surface area (TPSA) is 54.0 Å². The van der Waals surface area contributed by atoms with Crippen molar-refractivity contribution in [2.75, 3.05) is 5.32 Å². The van der Waals surface area contributed by atoms with E-state index >= 15 is 0 Å². The fourth-order valence-electron chi connectivity index (χ4n) is 2.45. The summed E-state index contributed by atoms with van der Waals surface area (Å²) in [5, 5.41) is 5.46. The Morgan fingerprint density at radius 3 is 2.27 bits per heavy atom. The average Bonchev–Trinajstić information content (AvgIpc) is 2.66. The van der Waals surface area contributed by atoms with Crippen molar-refractivity contribution in [3.8, 4) is 0 Å². The number of hydrogen-bond acceptors (Lipinski definition) is 3. The summed E-state index contributed by atoms with van der Waals surface area (Å²) in [5.41, 5.74) is 1.06. The first kappa shape index (κ1) is 17.5. The largest absolute Gasteiger partial charge is 0.345 e. The van der Waals surface area contributed by atoms with Crippen LogP contribution >= 0.6 is 0 Å². The predicted molar refractivity (Wildman–Crippen MR) is 96.2 cm³/mol. The second kappa shape index (κ2) is 7.74. The summed E-state index contributed by atoms with van der Waals surface area (Å²) < 4.78 is 27.3. The zero-order valence-electron chi connectivity index (χ0n) is 14.0. The van der Waals surface area contributed by atoms with Gasteiger partial charge in [-0.25, -0.2) is 13.8 Å². The fraction of sp³-hybridized carbons (Fsp3) is 0.100. The summed E-state index contributed by atoms with van der Waals surface area (Å²) in [6.45, 7) is 1.89. The van der Waals surface area contributed by atoms with E-state index in [-0.39, 0.29) is 23.5 Å². The number of carbonyl (C=O) groups excluding carboxylic acids is 1. The lowest BCUT2D eigenvalue weighted by atomic mass is 10.1. The van der Waals surface area contributed by atoms with Gasteiger partial charge in [0.25, 0.3) is 5.91 Å². The summed E-state index contributed by atoms with van der Waals surface area (Å²) >= 11 is 0. The number of nitrogens with one attached hydrogen (secondary N) is 2. The monoisotopic (exact) mass is 353 g/mol. The van der Waals surface area contributed by atoms with Crippen LogP contribution in [0.5, 0.6) is 0 Å². The third kappa shape index (κ3) is 4.03. The third-order valence-electron chi connectivity index (χ3n) is 3.89. The van der Waals surface area contributed by atoms with E-state index in [1.165, 1.54) is 18.3 Å². The zero-order chi connectivity index (χ0) is 18.5. The molecule has 1 amide bonds. The predicted octanol–water partition coefficient (Wildman–Crippen LogP) is 4.59.